The molecule has 0 radical (unpaired) electrons. The molecule has 0 spiro atoms. The van der Waals surface area contributed by atoms with Crippen LogP contribution in [0.4, 0.5) is 10.8 Å². The van der Waals surface area contributed by atoms with E-state index in [4.69, 9.17) is 4.74 Å². The molecule has 29 heavy (non-hydrogen) atoms. The number of para-hydroxylation sites is 1. The van der Waals surface area contributed by atoms with Gasteiger partial charge in [-0.25, -0.2) is 0 Å². The monoisotopic (exact) mass is 428 g/mol. The van der Waals surface area contributed by atoms with Gasteiger partial charge in [0.15, 0.2) is 10.9 Å². The number of rotatable bonds is 8. The first-order chi connectivity index (χ1) is 14.0. The van der Waals surface area contributed by atoms with Crippen molar-refractivity contribution in [1.29, 1.82) is 0 Å². The van der Waals surface area contributed by atoms with Crippen molar-refractivity contribution in [3.8, 4) is 5.75 Å². The molecule has 3 aromatic rings. The third-order valence-electron chi connectivity index (χ3n) is 3.75. The Kier molecular flexibility index (Phi) is 7.20. The molecule has 1 heterocycles. The maximum atomic E-state index is 12.2. The van der Waals surface area contributed by atoms with Crippen LogP contribution in [0.5, 0.6) is 5.75 Å². The number of carbonyl (C=O) groups is 2. The lowest BCUT2D eigenvalue weighted by Crippen LogP contribution is -2.20. The number of carbonyl (C=O) groups excluding carboxylic acids is 2. The minimum absolute atomic E-state index is 0.121. The highest BCUT2D eigenvalue weighted by Gasteiger charge is 2.12. The lowest BCUT2D eigenvalue weighted by atomic mass is 10.1. The van der Waals surface area contributed by atoms with E-state index in [1.54, 1.807) is 12.1 Å². The molecular weight excluding hydrogens is 408 g/mol. The Balaban J connectivity index is 1.43. The van der Waals surface area contributed by atoms with Gasteiger partial charge in [-0.15, -0.1) is 10.2 Å². The molecule has 0 atom stereocenters. The number of nitrogens with zero attached hydrogens (tertiary/aromatic N) is 2. The summed E-state index contributed by atoms with van der Waals surface area (Å²) in [5, 5.41) is 13.8. The van der Waals surface area contributed by atoms with Crippen LogP contribution in [0, 0.1) is 13.8 Å². The average molecular weight is 429 g/mol. The maximum Gasteiger partial charge on any atom is 0.264 e. The highest BCUT2D eigenvalue weighted by molar-refractivity contribution is 8.01. The summed E-state index contributed by atoms with van der Waals surface area (Å²) in [6, 6.07) is 14.9. The number of benzene rings is 2. The summed E-state index contributed by atoms with van der Waals surface area (Å²) in [6.07, 6.45) is 0. The zero-order valence-electron chi connectivity index (χ0n) is 16.0. The fraction of sp³-hybridized carbons (Fsp3) is 0.200. The van der Waals surface area contributed by atoms with Crippen molar-refractivity contribution < 1.29 is 14.3 Å². The Morgan fingerprint density at radius 3 is 2.59 bits per heavy atom. The molecule has 0 saturated heterocycles. The van der Waals surface area contributed by atoms with Crippen LogP contribution >= 0.6 is 23.1 Å². The van der Waals surface area contributed by atoms with Gasteiger partial charge in [0.25, 0.3) is 5.91 Å². The van der Waals surface area contributed by atoms with Crippen LogP contribution in [0.3, 0.4) is 0 Å². The molecule has 1 aromatic heterocycles. The van der Waals surface area contributed by atoms with Gasteiger partial charge in [0.05, 0.1) is 5.75 Å². The van der Waals surface area contributed by atoms with E-state index in [1.807, 2.05) is 50.2 Å². The van der Waals surface area contributed by atoms with Crippen molar-refractivity contribution in [2.75, 3.05) is 23.0 Å². The van der Waals surface area contributed by atoms with Gasteiger partial charge < -0.3 is 10.1 Å². The summed E-state index contributed by atoms with van der Waals surface area (Å²) in [4.78, 5) is 24.1. The van der Waals surface area contributed by atoms with Gasteiger partial charge >= 0.3 is 0 Å². The minimum atomic E-state index is -0.325. The highest BCUT2D eigenvalue weighted by atomic mass is 32.2. The van der Waals surface area contributed by atoms with Crippen LogP contribution in [0.15, 0.2) is 52.9 Å². The Labute approximate surface area is 176 Å². The van der Waals surface area contributed by atoms with E-state index >= 15 is 0 Å². The Bertz CT molecular complexity index is 992. The van der Waals surface area contributed by atoms with Gasteiger partial charge in [-0.05, 0) is 37.6 Å². The third kappa shape index (κ3) is 6.58. The van der Waals surface area contributed by atoms with Gasteiger partial charge in [-0.2, -0.15) is 0 Å². The molecule has 0 saturated carbocycles. The van der Waals surface area contributed by atoms with Crippen LogP contribution in [-0.4, -0.2) is 34.4 Å². The van der Waals surface area contributed by atoms with Gasteiger partial charge in [0.2, 0.25) is 11.0 Å². The van der Waals surface area contributed by atoms with Crippen LogP contribution in [-0.2, 0) is 9.59 Å². The average Bonchev–Trinajstić information content (AvgIpc) is 3.15. The molecule has 3 rings (SSSR count). The third-order valence-corrected chi connectivity index (χ3v) is 5.72. The van der Waals surface area contributed by atoms with E-state index in [9.17, 15) is 9.59 Å². The summed E-state index contributed by atoms with van der Waals surface area (Å²) in [7, 11) is 0. The van der Waals surface area contributed by atoms with Crippen molar-refractivity contribution in [3.63, 3.8) is 0 Å². The quantitative estimate of drug-likeness (QED) is 0.417. The van der Waals surface area contributed by atoms with Crippen LogP contribution in [0.2, 0.25) is 0 Å². The van der Waals surface area contributed by atoms with Crippen molar-refractivity contribution >= 4 is 45.7 Å². The predicted octanol–water partition coefficient (Wildman–Crippen LogP) is 3.90. The topological polar surface area (TPSA) is 93.2 Å². The molecule has 0 aliphatic heterocycles. The van der Waals surface area contributed by atoms with Gasteiger partial charge in [-0.3, -0.25) is 14.9 Å². The molecule has 2 N–H and O–H groups in total. The number of anilines is 2. The molecule has 2 aromatic carbocycles. The molecule has 2 amide bonds. The smallest absolute Gasteiger partial charge is 0.264 e. The molecule has 0 fully saturated rings. The highest BCUT2D eigenvalue weighted by Crippen LogP contribution is 2.26. The molecule has 0 bridgehead atoms. The summed E-state index contributed by atoms with van der Waals surface area (Å²) in [5.74, 6) is 0.367. The molecule has 150 valence electrons. The second-order valence-corrected chi connectivity index (χ2v) is 8.38. The second kappa shape index (κ2) is 10.0. The first-order valence-corrected chi connectivity index (χ1v) is 10.6. The minimum Gasteiger partial charge on any atom is -0.484 e. The fourth-order valence-corrected chi connectivity index (χ4v) is 3.98. The van der Waals surface area contributed by atoms with Crippen molar-refractivity contribution in [1.82, 2.24) is 10.2 Å². The zero-order valence-corrected chi connectivity index (χ0v) is 17.6. The lowest BCUT2D eigenvalue weighted by molar-refractivity contribution is -0.118. The molecule has 7 nitrogen and oxygen atoms in total. The Morgan fingerprint density at radius 2 is 1.83 bits per heavy atom. The maximum absolute atomic E-state index is 12.2. The largest absolute Gasteiger partial charge is 0.484 e. The van der Waals surface area contributed by atoms with Crippen molar-refractivity contribution in [3.05, 3.63) is 59.7 Å². The summed E-state index contributed by atoms with van der Waals surface area (Å²) in [6.45, 7) is 3.84. The summed E-state index contributed by atoms with van der Waals surface area (Å²) < 4.78 is 5.98. The molecule has 9 heteroatoms. The number of nitrogens with one attached hydrogen (secondary N) is 2. The van der Waals surface area contributed by atoms with Gasteiger partial charge in [0.1, 0.15) is 5.75 Å². The van der Waals surface area contributed by atoms with Crippen LogP contribution in [0.25, 0.3) is 0 Å². The van der Waals surface area contributed by atoms with Crippen molar-refractivity contribution in [2.45, 2.75) is 18.2 Å². The summed E-state index contributed by atoms with van der Waals surface area (Å²) in [5.41, 5.74) is 2.96. The number of aryl methyl sites for hydroxylation is 2. The normalized spacial score (nSPS) is 10.4. The van der Waals surface area contributed by atoms with E-state index in [-0.39, 0.29) is 24.2 Å². The first-order valence-electron chi connectivity index (χ1n) is 8.81. The standard InChI is InChI=1S/C20H20N4O3S2/c1-13-8-9-16(14(2)10-13)21-18(26)12-28-20-24-23-19(29-20)22-17(25)11-27-15-6-4-3-5-7-15/h3-10H,11-12H2,1-2H3,(H,21,26)(H,22,23,25). The number of hydrogen-bond acceptors (Lipinski definition) is 7. The van der Waals surface area contributed by atoms with Crippen molar-refractivity contribution in [2.24, 2.45) is 0 Å². The van der Waals surface area contributed by atoms with Gasteiger partial charge in [-0.1, -0.05) is 59.0 Å². The molecule has 0 aliphatic carbocycles. The van der Waals surface area contributed by atoms with E-state index in [0.717, 1.165) is 16.8 Å². The fourth-order valence-electron chi connectivity index (χ4n) is 2.41. The molecular formula is C20H20N4O3S2. The summed E-state index contributed by atoms with van der Waals surface area (Å²) >= 11 is 2.47. The van der Waals surface area contributed by atoms with E-state index < -0.39 is 0 Å². The van der Waals surface area contributed by atoms with Crippen LogP contribution < -0.4 is 15.4 Å². The van der Waals surface area contributed by atoms with E-state index in [2.05, 4.69) is 20.8 Å². The molecule has 0 aliphatic rings. The SMILES string of the molecule is Cc1ccc(NC(=O)CSc2nnc(NC(=O)COc3ccccc3)s2)c(C)c1. The number of aromatic nitrogens is 2. The van der Waals surface area contributed by atoms with E-state index in [1.165, 1.54) is 23.1 Å². The predicted molar refractivity (Wildman–Crippen MR) is 116 cm³/mol. The Hall–Kier alpha value is -2.91. The number of hydrogen-bond donors (Lipinski definition) is 2. The number of ether oxygens (including phenoxy) is 1. The second-order valence-electron chi connectivity index (χ2n) is 6.18. The number of thioether (sulfide) groups is 1. The van der Waals surface area contributed by atoms with E-state index in [0.29, 0.717) is 15.2 Å². The Morgan fingerprint density at radius 1 is 1.03 bits per heavy atom. The lowest BCUT2D eigenvalue weighted by Gasteiger charge is -2.08. The first kappa shape index (κ1) is 20.8. The molecule has 0 unspecified atom stereocenters. The zero-order chi connectivity index (χ0) is 20.6. The van der Waals surface area contributed by atoms with Crippen LogP contribution in [0.1, 0.15) is 11.1 Å². The number of amides is 2. The van der Waals surface area contributed by atoms with Gasteiger partial charge in [0, 0.05) is 5.69 Å².